The van der Waals surface area contributed by atoms with Crippen LogP contribution in [0.15, 0.2) is 66.1 Å². The first-order chi connectivity index (χ1) is 15.0. The molecule has 4 rings (SSSR count). The molecule has 0 amide bonds. The Hall–Kier alpha value is -2.07. The molecule has 2 aliphatic heterocycles. The third-order valence-electron chi connectivity index (χ3n) is 5.62. The maximum Gasteiger partial charge on any atom is 0.240 e. The van der Waals surface area contributed by atoms with Crippen LogP contribution < -0.4 is 4.72 Å². The van der Waals surface area contributed by atoms with Gasteiger partial charge >= 0.3 is 0 Å². The number of aliphatic hydroxyl groups excluding tert-OH is 1. The van der Waals surface area contributed by atoms with E-state index in [0.717, 1.165) is 11.1 Å². The van der Waals surface area contributed by atoms with Crippen LogP contribution in [0.1, 0.15) is 17.5 Å². The first-order valence-corrected chi connectivity index (χ1v) is 11.8. The van der Waals surface area contributed by atoms with E-state index in [9.17, 15) is 13.5 Å². The summed E-state index contributed by atoms with van der Waals surface area (Å²) < 4.78 is 45.9. The standard InChI is InChI=1S/C23H27NO6S/c1-2-16-9-6-10-19(11-16)31(26,27)24-13-18-12-20-23(29-18)22(21(14-25)30-20)28-15-17-7-4-3-5-8-17/h2-11,18,20-25H,1,12-15H2/t18-,20+,21-,22-,23-/m1/s1. The van der Waals surface area contributed by atoms with Gasteiger partial charge in [-0.25, -0.2) is 13.1 Å². The van der Waals surface area contributed by atoms with E-state index in [1.165, 1.54) is 0 Å². The summed E-state index contributed by atoms with van der Waals surface area (Å²) in [7, 11) is -3.67. The zero-order chi connectivity index (χ0) is 21.8. The van der Waals surface area contributed by atoms with E-state index in [1.807, 2.05) is 30.3 Å². The summed E-state index contributed by atoms with van der Waals surface area (Å²) in [6.07, 6.45) is 0.330. The third-order valence-corrected chi connectivity index (χ3v) is 7.04. The Morgan fingerprint density at radius 3 is 2.71 bits per heavy atom. The van der Waals surface area contributed by atoms with E-state index >= 15 is 0 Å². The fraction of sp³-hybridized carbons (Fsp3) is 0.391. The van der Waals surface area contributed by atoms with Crippen molar-refractivity contribution in [1.82, 2.24) is 4.72 Å². The largest absolute Gasteiger partial charge is 0.394 e. The molecule has 0 saturated carbocycles. The molecule has 2 heterocycles. The second-order valence-corrected chi connectivity index (χ2v) is 9.51. The van der Waals surface area contributed by atoms with E-state index in [2.05, 4.69) is 11.3 Å². The van der Waals surface area contributed by atoms with Gasteiger partial charge in [0.05, 0.1) is 30.3 Å². The van der Waals surface area contributed by atoms with Crippen molar-refractivity contribution in [2.24, 2.45) is 0 Å². The molecule has 2 N–H and O–H groups in total. The van der Waals surface area contributed by atoms with Gasteiger partial charge in [0.25, 0.3) is 0 Å². The minimum atomic E-state index is -3.67. The predicted molar refractivity (Wildman–Crippen MR) is 116 cm³/mol. The highest BCUT2D eigenvalue weighted by Crippen LogP contribution is 2.36. The van der Waals surface area contributed by atoms with Crippen molar-refractivity contribution < 1.29 is 27.7 Å². The number of hydrogen-bond acceptors (Lipinski definition) is 6. The molecule has 166 valence electrons. The van der Waals surface area contributed by atoms with Gasteiger partial charge in [-0.15, -0.1) is 0 Å². The highest BCUT2D eigenvalue weighted by Gasteiger charge is 2.51. The Labute approximate surface area is 182 Å². The summed E-state index contributed by atoms with van der Waals surface area (Å²) in [5.74, 6) is 0. The summed E-state index contributed by atoms with van der Waals surface area (Å²) in [5, 5.41) is 9.67. The maximum absolute atomic E-state index is 12.6. The maximum atomic E-state index is 12.6. The second kappa shape index (κ2) is 9.60. The average Bonchev–Trinajstić information content (AvgIpc) is 3.34. The van der Waals surface area contributed by atoms with Gasteiger partial charge in [-0.1, -0.05) is 55.1 Å². The van der Waals surface area contributed by atoms with E-state index in [4.69, 9.17) is 14.2 Å². The summed E-state index contributed by atoms with van der Waals surface area (Å²) in [5.41, 5.74) is 1.75. The lowest BCUT2D eigenvalue weighted by Crippen LogP contribution is -2.38. The van der Waals surface area contributed by atoms with E-state index < -0.39 is 22.2 Å². The van der Waals surface area contributed by atoms with Crippen LogP contribution in [0.4, 0.5) is 0 Å². The number of aliphatic hydroxyl groups is 1. The Balaban J connectivity index is 1.36. The van der Waals surface area contributed by atoms with Gasteiger partial charge < -0.3 is 19.3 Å². The average molecular weight is 446 g/mol. The molecule has 2 saturated heterocycles. The van der Waals surface area contributed by atoms with Crippen LogP contribution in [0.2, 0.25) is 0 Å². The van der Waals surface area contributed by atoms with Gasteiger partial charge in [-0.2, -0.15) is 0 Å². The molecule has 31 heavy (non-hydrogen) atoms. The van der Waals surface area contributed by atoms with Gasteiger partial charge in [0.15, 0.2) is 0 Å². The van der Waals surface area contributed by atoms with Crippen molar-refractivity contribution in [3.05, 3.63) is 72.3 Å². The molecule has 0 spiro atoms. The lowest BCUT2D eigenvalue weighted by atomic mass is 10.1. The van der Waals surface area contributed by atoms with Crippen LogP contribution >= 0.6 is 0 Å². The Bertz CT molecular complexity index is 996. The number of benzene rings is 2. The minimum absolute atomic E-state index is 0.131. The number of hydrogen-bond donors (Lipinski definition) is 2. The molecule has 8 heteroatoms. The van der Waals surface area contributed by atoms with Crippen molar-refractivity contribution >= 4 is 16.1 Å². The fourth-order valence-corrected chi connectivity index (χ4v) is 5.16. The third kappa shape index (κ3) is 5.06. The minimum Gasteiger partial charge on any atom is -0.394 e. The van der Waals surface area contributed by atoms with Gasteiger partial charge in [0.2, 0.25) is 10.0 Å². The SMILES string of the molecule is C=Cc1cccc(S(=O)(=O)NC[C@H]2C[C@@H]3O[C@H](CO)[C@@H](OCc4ccccc4)[C@@H]3O2)c1. The topological polar surface area (TPSA) is 94.1 Å². The zero-order valence-corrected chi connectivity index (χ0v) is 17.9. The van der Waals surface area contributed by atoms with Gasteiger partial charge in [0.1, 0.15) is 18.3 Å². The summed E-state index contributed by atoms with van der Waals surface area (Å²) in [6, 6.07) is 16.3. The Morgan fingerprint density at radius 1 is 1.16 bits per heavy atom. The smallest absolute Gasteiger partial charge is 0.240 e. The lowest BCUT2D eigenvalue weighted by molar-refractivity contribution is -0.0907. The summed E-state index contributed by atoms with van der Waals surface area (Å²) in [6.45, 7) is 4.03. The number of sulfonamides is 1. The molecule has 5 atom stereocenters. The quantitative estimate of drug-likeness (QED) is 0.614. The monoisotopic (exact) mass is 445 g/mol. The van der Waals surface area contributed by atoms with Crippen LogP contribution in [0, 0.1) is 0 Å². The fourth-order valence-electron chi connectivity index (χ4n) is 4.04. The van der Waals surface area contributed by atoms with E-state index in [-0.39, 0.29) is 36.4 Å². The molecular weight excluding hydrogens is 418 g/mol. The van der Waals surface area contributed by atoms with E-state index in [1.54, 1.807) is 30.3 Å². The normalized spacial score (nSPS) is 27.8. The van der Waals surface area contributed by atoms with Crippen molar-refractivity contribution in [2.45, 2.75) is 48.4 Å². The van der Waals surface area contributed by atoms with E-state index in [0.29, 0.717) is 13.0 Å². The van der Waals surface area contributed by atoms with Crippen LogP contribution in [-0.2, 0) is 30.8 Å². The number of ether oxygens (including phenoxy) is 3. The van der Waals surface area contributed by atoms with Crippen molar-refractivity contribution in [1.29, 1.82) is 0 Å². The summed E-state index contributed by atoms with van der Waals surface area (Å²) >= 11 is 0. The first kappa shape index (κ1) is 22.1. The molecule has 0 aromatic heterocycles. The first-order valence-electron chi connectivity index (χ1n) is 10.3. The Kier molecular flexibility index (Phi) is 6.86. The van der Waals surface area contributed by atoms with Gasteiger partial charge in [-0.3, -0.25) is 0 Å². The highest BCUT2D eigenvalue weighted by molar-refractivity contribution is 7.89. The lowest BCUT2D eigenvalue weighted by Gasteiger charge is -2.23. The number of nitrogens with one attached hydrogen (secondary N) is 1. The van der Waals surface area contributed by atoms with Crippen LogP contribution in [0.5, 0.6) is 0 Å². The Morgan fingerprint density at radius 2 is 1.97 bits per heavy atom. The van der Waals surface area contributed by atoms with Crippen LogP contribution in [-0.4, -0.2) is 57.2 Å². The second-order valence-electron chi connectivity index (χ2n) is 7.74. The van der Waals surface area contributed by atoms with Crippen molar-refractivity contribution in [3.8, 4) is 0 Å². The molecule has 2 aliphatic rings. The van der Waals surface area contributed by atoms with Crippen molar-refractivity contribution in [3.63, 3.8) is 0 Å². The molecule has 0 radical (unpaired) electrons. The number of fused-ring (bicyclic) bond motifs is 1. The molecule has 2 aromatic carbocycles. The van der Waals surface area contributed by atoms with Gasteiger partial charge in [0, 0.05) is 13.0 Å². The molecule has 2 fully saturated rings. The molecule has 2 aromatic rings. The van der Waals surface area contributed by atoms with Crippen LogP contribution in [0.3, 0.4) is 0 Å². The highest BCUT2D eigenvalue weighted by atomic mass is 32.2. The van der Waals surface area contributed by atoms with Gasteiger partial charge in [-0.05, 0) is 23.3 Å². The van der Waals surface area contributed by atoms with Crippen LogP contribution in [0.25, 0.3) is 6.08 Å². The summed E-state index contributed by atoms with van der Waals surface area (Å²) in [4.78, 5) is 0.184. The molecule has 0 unspecified atom stereocenters. The van der Waals surface area contributed by atoms with Crippen molar-refractivity contribution in [2.75, 3.05) is 13.2 Å². The zero-order valence-electron chi connectivity index (χ0n) is 17.1. The predicted octanol–water partition coefficient (Wildman–Crippen LogP) is 2.11. The number of rotatable bonds is 9. The molecule has 0 bridgehead atoms. The molecule has 7 nitrogen and oxygen atoms in total. The molecule has 0 aliphatic carbocycles. The molecular formula is C23H27NO6S.